The Morgan fingerprint density at radius 1 is 1.21 bits per heavy atom. The topological polar surface area (TPSA) is 59.4 Å². The van der Waals surface area contributed by atoms with Crippen molar-refractivity contribution in [2.24, 2.45) is 0 Å². The Bertz CT molecular complexity index is 934. The monoisotopic (exact) mass is 430 g/mol. The second-order valence-electron chi connectivity index (χ2n) is 6.84. The maximum Gasteiger partial charge on any atom is 0.270 e. The molecule has 4 rings (SSSR count). The fourth-order valence-corrected chi connectivity index (χ4v) is 4.09. The molecule has 1 saturated heterocycles. The maximum absolute atomic E-state index is 12.9. The van der Waals surface area contributed by atoms with Crippen LogP contribution in [0.5, 0.6) is 0 Å². The molecule has 1 amide bonds. The molecule has 0 aliphatic carbocycles. The van der Waals surface area contributed by atoms with Gasteiger partial charge in [-0.3, -0.25) is 9.69 Å². The van der Waals surface area contributed by atoms with E-state index in [0.29, 0.717) is 17.3 Å². The van der Waals surface area contributed by atoms with Crippen molar-refractivity contribution < 1.29 is 9.53 Å². The first kappa shape index (κ1) is 20.1. The largest absolute Gasteiger partial charge is 0.379 e. The number of carbonyl (C=O) groups is 1. The van der Waals surface area contributed by atoms with Gasteiger partial charge in [-0.25, -0.2) is 4.68 Å². The van der Waals surface area contributed by atoms with E-state index in [1.165, 1.54) is 0 Å². The third-order valence-electron chi connectivity index (χ3n) is 4.83. The van der Waals surface area contributed by atoms with Gasteiger partial charge >= 0.3 is 0 Å². The number of ether oxygens (including phenoxy) is 1. The van der Waals surface area contributed by atoms with Gasteiger partial charge in [0.25, 0.3) is 5.91 Å². The lowest BCUT2D eigenvalue weighted by molar-refractivity contribution is 0.0374. The van der Waals surface area contributed by atoms with E-state index in [1.807, 2.05) is 35.7 Å². The van der Waals surface area contributed by atoms with E-state index in [4.69, 9.17) is 16.3 Å². The maximum atomic E-state index is 12.9. The van der Waals surface area contributed by atoms with Crippen LogP contribution < -0.4 is 5.32 Å². The predicted octanol–water partition coefficient (Wildman–Crippen LogP) is 3.71. The van der Waals surface area contributed by atoms with Crippen LogP contribution in [0.3, 0.4) is 0 Å². The van der Waals surface area contributed by atoms with Crippen LogP contribution in [-0.4, -0.2) is 60.0 Å². The van der Waals surface area contributed by atoms with E-state index in [0.717, 1.165) is 55.5 Å². The van der Waals surface area contributed by atoms with Crippen molar-refractivity contribution in [1.82, 2.24) is 20.0 Å². The average Bonchev–Trinajstić information content (AvgIpc) is 3.42. The molecule has 1 aliphatic rings. The smallest absolute Gasteiger partial charge is 0.270 e. The van der Waals surface area contributed by atoms with Crippen LogP contribution in [0.2, 0.25) is 5.02 Å². The molecule has 0 radical (unpaired) electrons. The van der Waals surface area contributed by atoms with Crippen molar-refractivity contribution in [2.75, 3.05) is 39.4 Å². The Hall–Kier alpha value is -2.19. The SMILES string of the molecule is O=C(NCCCN1CCOCC1)c1cc(-c2cccs2)nn1-c1ccc(Cl)cc1. The first-order valence-corrected chi connectivity index (χ1v) is 10.9. The molecule has 29 heavy (non-hydrogen) atoms. The standard InChI is InChI=1S/C21H23ClN4O2S/c22-16-4-6-17(7-5-16)26-19(15-18(24-26)20-3-1-14-29-20)21(27)23-8-2-9-25-10-12-28-13-11-25/h1,3-7,14-15H,2,8-13H2,(H,23,27). The molecule has 1 N–H and O–H groups in total. The van der Waals surface area contributed by atoms with Crippen molar-refractivity contribution in [1.29, 1.82) is 0 Å². The van der Waals surface area contributed by atoms with Crippen LogP contribution in [0.15, 0.2) is 47.8 Å². The highest BCUT2D eigenvalue weighted by atomic mass is 35.5. The number of thiophene rings is 1. The summed E-state index contributed by atoms with van der Waals surface area (Å²) in [6, 6.07) is 13.2. The van der Waals surface area contributed by atoms with Crippen molar-refractivity contribution in [3.8, 4) is 16.3 Å². The molecule has 0 bridgehead atoms. The number of halogens is 1. The van der Waals surface area contributed by atoms with Crippen molar-refractivity contribution in [3.05, 3.63) is 58.6 Å². The number of carbonyl (C=O) groups excluding carboxylic acids is 1. The number of benzene rings is 1. The quantitative estimate of drug-likeness (QED) is 0.580. The molecule has 152 valence electrons. The Morgan fingerprint density at radius 3 is 2.72 bits per heavy atom. The van der Waals surface area contributed by atoms with E-state index < -0.39 is 0 Å². The molecule has 3 aromatic rings. The van der Waals surface area contributed by atoms with Crippen LogP contribution in [-0.2, 0) is 4.74 Å². The lowest BCUT2D eigenvalue weighted by Gasteiger charge is -2.26. The number of amides is 1. The molecule has 1 fully saturated rings. The number of morpholine rings is 1. The summed E-state index contributed by atoms with van der Waals surface area (Å²) in [5.41, 5.74) is 2.10. The molecular weight excluding hydrogens is 408 g/mol. The number of rotatable bonds is 7. The van der Waals surface area contributed by atoms with Gasteiger partial charge in [-0.2, -0.15) is 5.10 Å². The fourth-order valence-electron chi connectivity index (χ4n) is 3.29. The molecule has 0 saturated carbocycles. The van der Waals surface area contributed by atoms with E-state index in [9.17, 15) is 4.79 Å². The molecule has 1 aromatic carbocycles. The van der Waals surface area contributed by atoms with Gasteiger partial charge in [0.15, 0.2) is 0 Å². The Balaban J connectivity index is 1.47. The molecule has 1 aliphatic heterocycles. The number of hydrogen-bond acceptors (Lipinski definition) is 5. The van der Waals surface area contributed by atoms with Gasteiger partial charge in [0, 0.05) is 24.7 Å². The molecule has 0 unspecified atom stereocenters. The lowest BCUT2D eigenvalue weighted by atomic mass is 10.2. The number of hydrogen-bond donors (Lipinski definition) is 1. The van der Waals surface area contributed by atoms with E-state index >= 15 is 0 Å². The first-order valence-electron chi connectivity index (χ1n) is 9.69. The van der Waals surface area contributed by atoms with Crippen LogP contribution in [0, 0.1) is 0 Å². The summed E-state index contributed by atoms with van der Waals surface area (Å²) in [7, 11) is 0. The second kappa shape index (κ2) is 9.54. The molecule has 0 spiro atoms. The summed E-state index contributed by atoms with van der Waals surface area (Å²) >= 11 is 7.62. The van der Waals surface area contributed by atoms with Crippen LogP contribution >= 0.6 is 22.9 Å². The summed E-state index contributed by atoms with van der Waals surface area (Å²) in [5, 5.41) is 10.4. The normalized spacial score (nSPS) is 14.8. The van der Waals surface area contributed by atoms with Crippen LogP contribution in [0.1, 0.15) is 16.9 Å². The number of nitrogens with one attached hydrogen (secondary N) is 1. The van der Waals surface area contributed by atoms with E-state index in [1.54, 1.807) is 28.2 Å². The average molecular weight is 431 g/mol. The molecule has 8 heteroatoms. The minimum atomic E-state index is -0.128. The second-order valence-corrected chi connectivity index (χ2v) is 8.23. The van der Waals surface area contributed by atoms with Gasteiger partial charge in [0.2, 0.25) is 0 Å². The predicted molar refractivity (Wildman–Crippen MR) is 116 cm³/mol. The number of aromatic nitrogens is 2. The van der Waals surface area contributed by atoms with Crippen LogP contribution in [0.4, 0.5) is 0 Å². The minimum absolute atomic E-state index is 0.128. The highest BCUT2D eigenvalue weighted by molar-refractivity contribution is 7.13. The summed E-state index contributed by atoms with van der Waals surface area (Å²) in [6.07, 6.45) is 0.901. The molecular formula is C21H23ClN4O2S. The minimum Gasteiger partial charge on any atom is -0.379 e. The summed E-state index contributed by atoms with van der Waals surface area (Å²) in [5.74, 6) is -0.128. The number of nitrogens with zero attached hydrogens (tertiary/aromatic N) is 3. The Labute approximate surface area is 179 Å². The van der Waals surface area contributed by atoms with Gasteiger partial charge in [-0.15, -0.1) is 11.3 Å². The summed E-state index contributed by atoms with van der Waals surface area (Å²) in [6.45, 7) is 5.08. The van der Waals surface area contributed by atoms with E-state index in [-0.39, 0.29) is 5.91 Å². The van der Waals surface area contributed by atoms with E-state index in [2.05, 4.69) is 15.3 Å². The van der Waals surface area contributed by atoms with Gasteiger partial charge in [0.1, 0.15) is 11.4 Å². The summed E-state index contributed by atoms with van der Waals surface area (Å²) < 4.78 is 7.05. The fraction of sp³-hybridized carbons (Fsp3) is 0.333. The molecule has 2 aromatic heterocycles. The zero-order chi connectivity index (χ0) is 20.1. The molecule has 3 heterocycles. The zero-order valence-electron chi connectivity index (χ0n) is 16.0. The lowest BCUT2D eigenvalue weighted by Crippen LogP contribution is -2.38. The van der Waals surface area contributed by atoms with Gasteiger partial charge in [-0.1, -0.05) is 17.7 Å². The molecule has 0 atom stereocenters. The van der Waals surface area contributed by atoms with Crippen molar-refractivity contribution in [2.45, 2.75) is 6.42 Å². The third kappa shape index (κ3) is 5.05. The first-order chi connectivity index (χ1) is 14.2. The third-order valence-corrected chi connectivity index (χ3v) is 5.97. The van der Waals surface area contributed by atoms with Crippen molar-refractivity contribution in [3.63, 3.8) is 0 Å². The van der Waals surface area contributed by atoms with Crippen LogP contribution in [0.25, 0.3) is 16.3 Å². The van der Waals surface area contributed by atoms with Crippen molar-refractivity contribution >= 4 is 28.8 Å². The highest BCUT2D eigenvalue weighted by Gasteiger charge is 2.18. The van der Waals surface area contributed by atoms with Gasteiger partial charge in [-0.05, 0) is 54.7 Å². The Kier molecular flexibility index (Phi) is 6.61. The van der Waals surface area contributed by atoms with Gasteiger partial charge < -0.3 is 10.1 Å². The molecule has 6 nitrogen and oxygen atoms in total. The summed E-state index contributed by atoms with van der Waals surface area (Å²) in [4.78, 5) is 16.3. The van der Waals surface area contributed by atoms with Gasteiger partial charge in [0.05, 0.1) is 23.8 Å². The Morgan fingerprint density at radius 2 is 2.00 bits per heavy atom. The highest BCUT2D eigenvalue weighted by Crippen LogP contribution is 2.26. The zero-order valence-corrected chi connectivity index (χ0v) is 17.6.